The first-order chi connectivity index (χ1) is 16.3. The molecule has 0 aliphatic heterocycles. The fourth-order valence-electron chi connectivity index (χ4n) is 3.14. The van der Waals surface area contributed by atoms with Gasteiger partial charge in [0.15, 0.2) is 0 Å². The molecule has 0 amide bonds. The quantitative estimate of drug-likeness (QED) is 0.156. The van der Waals surface area contributed by atoms with Gasteiger partial charge in [-0.3, -0.25) is 9.98 Å². The van der Waals surface area contributed by atoms with Gasteiger partial charge < -0.3 is 10.2 Å². The van der Waals surface area contributed by atoms with Crippen molar-refractivity contribution in [3.63, 3.8) is 0 Å². The lowest BCUT2D eigenvalue weighted by Crippen LogP contribution is -1.87. The first kappa shape index (κ1) is 25.8. The molecule has 0 aliphatic rings. The van der Waals surface area contributed by atoms with Crippen LogP contribution in [0.4, 0.5) is 11.4 Å². The Bertz CT molecular complexity index is 1290. The molecular weight excluding hydrogens is 880 g/mol. The highest BCUT2D eigenvalue weighted by Crippen LogP contribution is 2.29. The van der Waals surface area contributed by atoms with Crippen LogP contribution in [0.2, 0.25) is 0 Å². The topological polar surface area (TPSA) is 65.2 Å². The Morgan fingerprint density at radius 1 is 0.529 bits per heavy atom. The van der Waals surface area contributed by atoms with E-state index in [1.807, 2.05) is 72.8 Å². The van der Waals surface area contributed by atoms with Crippen molar-refractivity contribution in [2.45, 2.75) is 0 Å². The number of halogens is 4. The summed E-state index contributed by atoms with van der Waals surface area (Å²) in [6.07, 6.45) is 3.38. The molecule has 4 aromatic carbocycles. The van der Waals surface area contributed by atoms with Crippen molar-refractivity contribution in [2.75, 3.05) is 0 Å². The molecule has 0 spiro atoms. The predicted molar refractivity (Wildman–Crippen MR) is 173 cm³/mol. The van der Waals surface area contributed by atoms with Gasteiger partial charge in [0.2, 0.25) is 0 Å². The molecule has 2 N–H and O–H groups in total. The third-order valence-corrected chi connectivity index (χ3v) is 7.78. The standard InChI is InChI=1S/C26H16I4N2O2/c27-19-9-17(25(33)23(29)11-19)13-31-21-5-1-15(2-6-21)16-3-7-22(8-4-16)32-14-18-10-20(28)12-24(30)26(18)34/h1-14,33-34H. The minimum Gasteiger partial charge on any atom is -0.506 e. The highest BCUT2D eigenvalue weighted by molar-refractivity contribution is 14.1. The van der Waals surface area contributed by atoms with Gasteiger partial charge in [-0.05, 0) is 150 Å². The summed E-state index contributed by atoms with van der Waals surface area (Å²) in [6, 6.07) is 23.6. The van der Waals surface area contributed by atoms with Crippen LogP contribution >= 0.6 is 90.4 Å². The van der Waals surface area contributed by atoms with Crippen LogP contribution < -0.4 is 0 Å². The predicted octanol–water partition coefficient (Wildman–Crippen LogP) is 8.68. The lowest BCUT2D eigenvalue weighted by molar-refractivity contribution is 0.470. The van der Waals surface area contributed by atoms with Gasteiger partial charge in [0.05, 0.1) is 18.5 Å². The van der Waals surface area contributed by atoms with E-state index in [0.29, 0.717) is 11.1 Å². The summed E-state index contributed by atoms with van der Waals surface area (Å²) < 4.78 is 3.71. The molecule has 0 aliphatic carbocycles. The number of hydrogen-bond donors (Lipinski definition) is 2. The third-order valence-electron chi connectivity index (χ3n) is 4.89. The monoisotopic (exact) mass is 896 g/mol. The molecule has 4 rings (SSSR count). The molecule has 0 atom stereocenters. The second-order valence-corrected chi connectivity index (χ2v) is 12.1. The maximum absolute atomic E-state index is 10.2. The average molecular weight is 896 g/mol. The molecule has 170 valence electrons. The number of benzene rings is 4. The smallest absolute Gasteiger partial charge is 0.137 e. The molecule has 0 unspecified atom stereocenters. The molecule has 34 heavy (non-hydrogen) atoms. The first-order valence-electron chi connectivity index (χ1n) is 9.95. The Morgan fingerprint density at radius 3 is 1.24 bits per heavy atom. The summed E-state index contributed by atoms with van der Waals surface area (Å²) in [6.45, 7) is 0. The number of hydrogen-bond acceptors (Lipinski definition) is 4. The van der Waals surface area contributed by atoms with Gasteiger partial charge in [0, 0.05) is 30.7 Å². The van der Waals surface area contributed by atoms with Crippen LogP contribution in [0.25, 0.3) is 11.1 Å². The van der Waals surface area contributed by atoms with Gasteiger partial charge in [0.1, 0.15) is 11.5 Å². The zero-order chi connectivity index (χ0) is 24.2. The maximum atomic E-state index is 10.2. The number of rotatable bonds is 5. The molecule has 0 bridgehead atoms. The number of nitrogens with zero attached hydrogens (tertiary/aromatic N) is 2. The Kier molecular flexibility index (Phi) is 8.85. The van der Waals surface area contributed by atoms with E-state index in [4.69, 9.17) is 0 Å². The van der Waals surface area contributed by atoms with Gasteiger partial charge in [-0.15, -0.1) is 0 Å². The number of phenolic OH excluding ortho intramolecular Hbond substituents is 2. The summed E-state index contributed by atoms with van der Waals surface area (Å²) in [5.74, 6) is 0.493. The van der Waals surface area contributed by atoms with E-state index < -0.39 is 0 Å². The maximum Gasteiger partial charge on any atom is 0.137 e. The highest BCUT2D eigenvalue weighted by Gasteiger charge is 2.06. The Hall–Kier alpha value is -1.26. The van der Waals surface area contributed by atoms with Crippen LogP contribution in [-0.4, -0.2) is 22.6 Å². The average Bonchev–Trinajstić information content (AvgIpc) is 2.82. The van der Waals surface area contributed by atoms with E-state index in [-0.39, 0.29) is 11.5 Å². The zero-order valence-corrected chi connectivity index (χ0v) is 26.0. The van der Waals surface area contributed by atoms with E-state index in [2.05, 4.69) is 100 Å². The van der Waals surface area contributed by atoms with E-state index in [1.54, 1.807) is 12.4 Å². The molecule has 0 fully saturated rings. The van der Waals surface area contributed by atoms with Crippen LogP contribution in [0.1, 0.15) is 11.1 Å². The van der Waals surface area contributed by atoms with E-state index in [1.165, 1.54) is 0 Å². The normalized spacial score (nSPS) is 11.5. The Labute approximate surface area is 252 Å². The van der Waals surface area contributed by atoms with Crippen molar-refractivity contribution in [1.82, 2.24) is 0 Å². The SMILES string of the molecule is Oc1c(I)cc(I)cc1C=Nc1ccc(-c2ccc(N=Cc3cc(I)cc(I)c3O)cc2)cc1. The number of aliphatic imine (C=N–C) groups is 2. The Balaban J connectivity index is 1.48. The molecule has 0 saturated carbocycles. The van der Waals surface area contributed by atoms with Crippen LogP contribution in [0.15, 0.2) is 82.8 Å². The molecule has 8 heteroatoms. The first-order valence-corrected chi connectivity index (χ1v) is 14.3. The van der Waals surface area contributed by atoms with Crippen molar-refractivity contribution in [3.8, 4) is 22.6 Å². The summed E-state index contributed by atoms with van der Waals surface area (Å²) in [5, 5.41) is 20.5. The molecular formula is C26H16I4N2O2. The van der Waals surface area contributed by atoms with Crippen molar-refractivity contribution in [3.05, 3.63) is 98.2 Å². The second kappa shape index (κ2) is 11.6. The van der Waals surface area contributed by atoms with Crippen LogP contribution in [0.5, 0.6) is 11.5 Å². The summed E-state index contributed by atoms with van der Waals surface area (Å²) >= 11 is 8.69. The summed E-state index contributed by atoms with van der Waals surface area (Å²) in [7, 11) is 0. The summed E-state index contributed by atoms with van der Waals surface area (Å²) in [5.41, 5.74) is 5.17. The molecule has 0 aromatic heterocycles. The van der Waals surface area contributed by atoms with Gasteiger partial charge in [-0.25, -0.2) is 0 Å². The summed E-state index contributed by atoms with van der Waals surface area (Å²) in [4.78, 5) is 9.02. The highest BCUT2D eigenvalue weighted by atomic mass is 127. The van der Waals surface area contributed by atoms with E-state index in [0.717, 1.165) is 36.8 Å². The minimum absolute atomic E-state index is 0.246. The van der Waals surface area contributed by atoms with Crippen LogP contribution in [0.3, 0.4) is 0 Å². The van der Waals surface area contributed by atoms with Crippen molar-refractivity contribution >= 4 is 114 Å². The lowest BCUT2D eigenvalue weighted by Gasteiger charge is -2.05. The minimum atomic E-state index is 0.246. The fourth-order valence-corrected chi connectivity index (χ4v) is 6.92. The fraction of sp³-hybridized carbons (Fsp3) is 0. The molecule has 0 heterocycles. The molecule has 0 saturated heterocycles. The van der Waals surface area contributed by atoms with Gasteiger partial charge >= 0.3 is 0 Å². The lowest BCUT2D eigenvalue weighted by atomic mass is 10.1. The molecule has 4 aromatic rings. The van der Waals surface area contributed by atoms with Gasteiger partial charge in [0.25, 0.3) is 0 Å². The largest absolute Gasteiger partial charge is 0.506 e. The van der Waals surface area contributed by atoms with Crippen LogP contribution in [-0.2, 0) is 0 Å². The van der Waals surface area contributed by atoms with Crippen molar-refractivity contribution < 1.29 is 10.2 Å². The van der Waals surface area contributed by atoms with Crippen molar-refractivity contribution in [2.24, 2.45) is 9.98 Å². The van der Waals surface area contributed by atoms with Gasteiger partial charge in [-0.1, -0.05) is 24.3 Å². The Morgan fingerprint density at radius 2 is 0.882 bits per heavy atom. The van der Waals surface area contributed by atoms with E-state index >= 15 is 0 Å². The second-order valence-electron chi connectivity index (χ2n) is 7.26. The van der Waals surface area contributed by atoms with Crippen molar-refractivity contribution in [1.29, 1.82) is 0 Å². The third kappa shape index (κ3) is 6.49. The number of aromatic hydroxyl groups is 2. The van der Waals surface area contributed by atoms with Crippen LogP contribution in [0, 0.1) is 14.3 Å². The van der Waals surface area contributed by atoms with Gasteiger partial charge in [-0.2, -0.15) is 0 Å². The number of phenols is 2. The van der Waals surface area contributed by atoms with E-state index in [9.17, 15) is 10.2 Å². The molecule has 4 nitrogen and oxygen atoms in total. The molecule has 0 radical (unpaired) electrons. The zero-order valence-electron chi connectivity index (χ0n) is 17.4.